The number of hydrogen-bond donors (Lipinski definition) is 1. The largest absolute Gasteiger partial charge is 0.489 e. The van der Waals surface area contributed by atoms with E-state index in [1.165, 1.54) is 6.08 Å². The first-order valence-corrected chi connectivity index (χ1v) is 14.8. The maximum absolute atomic E-state index is 13.7. The van der Waals surface area contributed by atoms with E-state index in [9.17, 15) is 14.4 Å². The van der Waals surface area contributed by atoms with Crippen molar-refractivity contribution in [1.29, 1.82) is 0 Å². The molecule has 0 aromatic heterocycles. The van der Waals surface area contributed by atoms with Crippen molar-refractivity contribution in [2.24, 2.45) is 0 Å². The third-order valence-corrected chi connectivity index (χ3v) is 7.93. The van der Waals surface area contributed by atoms with E-state index in [1.807, 2.05) is 67.6 Å². The standard InChI is InChI=1S/C36H26Cl2N2O5/c1-22-6-8-23(9-7-22)20-45-33-17-11-24-4-2-3-5-29(24)30(33)19-31-34(41)39-36(43)40(35(31)42)27-13-15-28(16-14-27)44-21-25-10-12-26(37)18-32(25)38/h2-19H,20-21H2,1H3,(H,39,41,43)/b31-19+. The molecule has 0 saturated carbocycles. The summed E-state index contributed by atoms with van der Waals surface area (Å²) >= 11 is 12.2. The molecule has 0 spiro atoms. The Kier molecular flexibility index (Phi) is 8.56. The van der Waals surface area contributed by atoms with Gasteiger partial charge in [0, 0.05) is 21.2 Å². The van der Waals surface area contributed by atoms with E-state index in [-0.39, 0.29) is 24.5 Å². The van der Waals surface area contributed by atoms with Gasteiger partial charge in [0.2, 0.25) is 0 Å². The summed E-state index contributed by atoms with van der Waals surface area (Å²) in [6.07, 6.45) is 1.48. The number of halogens is 2. The molecule has 1 N–H and O–H groups in total. The van der Waals surface area contributed by atoms with Crippen molar-refractivity contribution in [2.45, 2.75) is 20.1 Å². The molecule has 4 amide bonds. The highest BCUT2D eigenvalue weighted by Crippen LogP contribution is 2.33. The fraction of sp³-hybridized carbons (Fsp3) is 0.0833. The van der Waals surface area contributed by atoms with Gasteiger partial charge in [-0.1, -0.05) is 89.4 Å². The van der Waals surface area contributed by atoms with Gasteiger partial charge in [-0.3, -0.25) is 14.9 Å². The van der Waals surface area contributed by atoms with Crippen LogP contribution in [0.5, 0.6) is 11.5 Å². The Hall–Kier alpha value is -5.11. The van der Waals surface area contributed by atoms with Gasteiger partial charge in [0.15, 0.2) is 0 Å². The minimum Gasteiger partial charge on any atom is -0.489 e. The summed E-state index contributed by atoms with van der Waals surface area (Å²) in [4.78, 5) is 40.6. The SMILES string of the molecule is Cc1ccc(COc2ccc3ccccc3c2/C=C2\C(=O)NC(=O)N(c3ccc(OCc4ccc(Cl)cc4Cl)cc3)C2=O)cc1. The molecule has 0 radical (unpaired) electrons. The molecule has 45 heavy (non-hydrogen) atoms. The normalized spacial score (nSPS) is 14.2. The molecule has 7 nitrogen and oxygen atoms in total. The number of amides is 4. The topological polar surface area (TPSA) is 84.9 Å². The molecule has 1 saturated heterocycles. The summed E-state index contributed by atoms with van der Waals surface area (Å²) in [5.74, 6) is -0.568. The second-order valence-electron chi connectivity index (χ2n) is 10.4. The van der Waals surface area contributed by atoms with Gasteiger partial charge in [-0.2, -0.15) is 0 Å². The number of barbiturate groups is 1. The summed E-state index contributed by atoms with van der Waals surface area (Å²) in [5, 5.41) is 4.99. The Balaban J connectivity index is 1.28. The molecule has 0 unspecified atom stereocenters. The number of nitrogens with one attached hydrogen (secondary N) is 1. The average molecular weight is 638 g/mol. The first-order valence-electron chi connectivity index (χ1n) is 14.1. The zero-order valence-corrected chi connectivity index (χ0v) is 25.6. The van der Waals surface area contributed by atoms with E-state index in [4.69, 9.17) is 32.7 Å². The van der Waals surface area contributed by atoms with Crippen molar-refractivity contribution < 1.29 is 23.9 Å². The lowest BCUT2D eigenvalue weighted by Crippen LogP contribution is -2.54. The molecule has 5 aromatic carbocycles. The van der Waals surface area contributed by atoms with Crippen LogP contribution in [0.4, 0.5) is 10.5 Å². The number of benzene rings is 5. The van der Waals surface area contributed by atoms with Crippen LogP contribution in [-0.2, 0) is 22.8 Å². The highest BCUT2D eigenvalue weighted by molar-refractivity contribution is 6.39. The summed E-state index contributed by atoms with van der Waals surface area (Å²) in [5.41, 5.74) is 3.47. The molecular formula is C36H26Cl2N2O5. The second-order valence-corrected chi connectivity index (χ2v) is 11.3. The monoisotopic (exact) mass is 636 g/mol. The van der Waals surface area contributed by atoms with E-state index in [2.05, 4.69) is 5.32 Å². The van der Waals surface area contributed by atoms with Crippen molar-refractivity contribution in [3.63, 3.8) is 0 Å². The highest BCUT2D eigenvalue weighted by Gasteiger charge is 2.37. The molecule has 6 rings (SSSR count). The Labute approximate surface area is 269 Å². The van der Waals surface area contributed by atoms with Gasteiger partial charge in [0.1, 0.15) is 30.3 Å². The van der Waals surface area contributed by atoms with Crippen LogP contribution in [0.1, 0.15) is 22.3 Å². The number of anilines is 1. The fourth-order valence-electron chi connectivity index (χ4n) is 4.92. The number of ether oxygens (including phenoxy) is 2. The van der Waals surface area contributed by atoms with Crippen molar-refractivity contribution in [2.75, 3.05) is 4.90 Å². The molecule has 224 valence electrons. The van der Waals surface area contributed by atoms with Gasteiger partial charge in [0.25, 0.3) is 11.8 Å². The first kappa shape index (κ1) is 29.9. The Bertz CT molecular complexity index is 1970. The second kappa shape index (κ2) is 12.9. The molecule has 1 heterocycles. The van der Waals surface area contributed by atoms with E-state index in [1.54, 1.807) is 42.5 Å². The number of rotatable bonds is 8. The van der Waals surface area contributed by atoms with Gasteiger partial charge in [-0.25, -0.2) is 9.69 Å². The number of urea groups is 1. The smallest absolute Gasteiger partial charge is 0.335 e. The maximum atomic E-state index is 13.7. The lowest BCUT2D eigenvalue weighted by molar-refractivity contribution is -0.122. The molecule has 9 heteroatoms. The molecule has 1 aliphatic rings. The summed E-state index contributed by atoms with van der Waals surface area (Å²) < 4.78 is 12.0. The minimum absolute atomic E-state index is 0.194. The predicted molar refractivity (Wildman–Crippen MR) is 176 cm³/mol. The summed E-state index contributed by atoms with van der Waals surface area (Å²) in [6.45, 7) is 2.50. The van der Waals surface area contributed by atoms with Gasteiger partial charge in [-0.05, 0) is 71.8 Å². The lowest BCUT2D eigenvalue weighted by Gasteiger charge is -2.26. The van der Waals surface area contributed by atoms with Crippen LogP contribution in [0.15, 0.2) is 109 Å². The molecule has 0 atom stereocenters. The Morgan fingerprint density at radius 2 is 1.56 bits per heavy atom. The number of imide groups is 2. The lowest BCUT2D eigenvalue weighted by atomic mass is 9.99. The van der Waals surface area contributed by atoms with Gasteiger partial charge < -0.3 is 9.47 Å². The molecule has 0 bridgehead atoms. The third-order valence-electron chi connectivity index (χ3n) is 7.34. The molecule has 1 aliphatic heterocycles. The molecule has 0 aliphatic carbocycles. The Morgan fingerprint density at radius 1 is 0.800 bits per heavy atom. The van der Waals surface area contributed by atoms with Crippen molar-refractivity contribution in [1.82, 2.24) is 5.32 Å². The molecule has 5 aromatic rings. The number of carbonyl (C=O) groups excluding carboxylic acids is 3. The van der Waals surface area contributed by atoms with Crippen LogP contribution in [-0.4, -0.2) is 17.8 Å². The minimum atomic E-state index is -0.850. The summed E-state index contributed by atoms with van der Waals surface area (Å²) in [6, 6.07) is 30.0. The number of nitrogens with zero attached hydrogens (tertiary/aromatic N) is 1. The number of aryl methyl sites for hydroxylation is 1. The van der Waals surface area contributed by atoms with Crippen LogP contribution in [0, 0.1) is 6.92 Å². The third kappa shape index (κ3) is 6.55. The van der Waals surface area contributed by atoms with Crippen molar-refractivity contribution in [3.8, 4) is 11.5 Å². The van der Waals surface area contributed by atoms with Crippen LogP contribution >= 0.6 is 23.2 Å². The predicted octanol–water partition coefficient (Wildman–Crippen LogP) is 8.28. The van der Waals surface area contributed by atoms with E-state index in [0.29, 0.717) is 27.1 Å². The fourth-order valence-corrected chi connectivity index (χ4v) is 5.39. The van der Waals surface area contributed by atoms with Gasteiger partial charge in [0.05, 0.1) is 5.69 Å². The Morgan fingerprint density at radius 3 is 2.31 bits per heavy atom. The molecular weight excluding hydrogens is 611 g/mol. The van der Waals surface area contributed by atoms with Gasteiger partial charge >= 0.3 is 6.03 Å². The average Bonchev–Trinajstić information content (AvgIpc) is 3.03. The van der Waals surface area contributed by atoms with Crippen LogP contribution < -0.4 is 19.7 Å². The number of fused-ring (bicyclic) bond motifs is 1. The summed E-state index contributed by atoms with van der Waals surface area (Å²) in [7, 11) is 0. The number of hydrogen-bond acceptors (Lipinski definition) is 5. The van der Waals surface area contributed by atoms with Crippen LogP contribution in [0.2, 0.25) is 10.0 Å². The molecule has 1 fully saturated rings. The maximum Gasteiger partial charge on any atom is 0.335 e. The number of carbonyl (C=O) groups is 3. The van der Waals surface area contributed by atoms with Crippen LogP contribution in [0.3, 0.4) is 0 Å². The van der Waals surface area contributed by atoms with Crippen LogP contribution in [0.25, 0.3) is 16.8 Å². The van der Waals surface area contributed by atoms with E-state index in [0.717, 1.165) is 32.4 Å². The van der Waals surface area contributed by atoms with E-state index < -0.39 is 17.8 Å². The zero-order chi connectivity index (χ0) is 31.5. The highest BCUT2D eigenvalue weighted by atomic mass is 35.5. The van der Waals surface area contributed by atoms with Gasteiger partial charge in [-0.15, -0.1) is 0 Å². The van der Waals surface area contributed by atoms with E-state index >= 15 is 0 Å². The quantitative estimate of drug-likeness (QED) is 0.137. The first-order chi connectivity index (χ1) is 21.8. The van der Waals surface area contributed by atoms with Crippen molar-refractivity contribution in [3.05, 3.63) is 141 Å². The zero-order valence-electron chi connectivity index (χ0n) is 24.1. The van der Waals surface area contributed by atoms with Crippen molar-refractivity contribution >= 4 is 63.6 Å².